The molecular weight excluding hydrogens is 603 g/mol. The maximum Gasteiger partial charge on any atom is 0.0645 e. The zero-order valence-corrected chi connectivity index (χ0v) is 27.3. The van der Waals surface area contributed by atoms with Crippen LogP contribution in [0.5, 0.6) is 0 Å². The number of rotatable bonds is 6. The third-order valence-corrected chi connectivity index (χ3v) is 9.46. The molecule has 0 atom stereocenters. The molecule has 0 amide bonds. The first-order valence-electron chi connectivity index (χ1n) is 22.9. The summed E-state index contributed by atoms with van der Waals surface area (Å²) in [5, 5.41) is 1.98. The van der Waals surface area contributed by atoms with Crippen molar-refractivity contribution in [2.45, 2.75) is 19.3 Å². The predicted octanol–water partition coefficient (Wildman–Crippen LogP) is 13.6. The molecule has 1 aliphatic carbocycles. The highest BCUT2D eigenvalue weighted by molar-refractivity contribution is 5.90. The Labute approximate surface area is 313 Å². The van der Waals surface area contributed by atoms with Crippen LogP contribution in [-0.2, 0) is 5.41 Å². The van der Waals surface area contributed by atoms with E-state index in [0.29, 0.717) is 11.1 Å². The summed E-state index contributed by atoms with van der Waals surface area (Å²) in [7, 11) is 0. The first-order chi connectivity index (χ1) is 30.0. The number of benzene rings is 8. The van der Waals surface area contributed by atoms with Gasteiger partial charge in [-0.2, -0.15) is 0 Å². The number of hydrogen-bond donors (Lipinski definition) is 0. The molecule has 8 aromatic rings. The minimum Gasteiger partial charge on any atom is -0.310 e. The van der Waals surface area contributed by atoms with Crippen LogP contribution in [0.2, 0.25) is 0 Å². The van der Waals surface area contributed by atoms with Crippen molar-refractivity contribution < 1.29 is 17.8 Å². The molecule has 0 N–H and O–H groups in total. The van der Waals surface area contributed by atoms with Crippen molar-refractivity contribution in [3.05, 3.63) is 199 Å². The van der Waals surface area contributed by atoms with Gasteiger partial charge in [0, 0.05) is 22.5 Å². The Kier molecular flexibility index (Phi) is 4.61. The van der Waals surface area contributed by atoms with Crippen molar-refractivity contribution in [1.29, 1.82) is 0 Å². The molecule has 1 aliphatic rings. The molecule has 8 aromatic carbocycles. The highest BCUT2D eigenvalue weighted by Gasteiger charge is 2.37. The van der Waals surface area contributed by atoms with E-state index in [9.17, 15) is 11.0 Å². The molecule has 9 rings (SSSR count). The Morgan fingerprint density at radius 1 is 0.420 bits per heavy atom. The summed E-state index contributed by atoms with van der Waals surface area (Å²) in [5.41, 5.74) is 3.74. The maximum atomic E-state index is 9.68. The van der Waals surface area contributed by atoms with Gasteiger partial charge in [-0.05, 0) is 109 Å². The Balaban J connectivity index is 1.32. The van der Waals surface area contributed by atoms with Gasteiger partial charge in [-0.1, -0.05) is 159 Å². The number of fused-ring (bicyclic) bond motifs is 4. The van der Waals surface area contributed by atoms with E-state index in [1.165, 1.54) is 4.90 Å². The van der Waals surface area contributed by atoms with Crippen LogP contribution in [0.15, 0.2) is 188 Å². The summed E-state index contributed by atoms with van der Waals surface area (Å²) in [4.78, 5) is 1.21. The molecule has 0 heterocycles. The minimum absolute atomic E-state index is 0.0624. The SMILES string of the molecule is [2H]c1c([2H])c([2H])c(-c2c([2H])c([2H])c(N(c3cccc(-c4ccc5ccccc5c4)c3)c3c([2H])c([2H])c(-c4cccc5c4C(C)(C)c4ccccc4-5)c([2H])c3[2H])c([2H])c2[2H])c([2H])c1[2H]. The van der Waals surface area contributed by atoms with Gasteiger partial charge in [0.2, 0.25) is 0 Å². The smallest absolute Gasteiger partial charge is 0.0645 e. The van der Waals surface area contributed by atoms with Crippen molar-refractivity contribution in [3.8, 4) is 44.5 Å². The van der Waals surface area contributed by atoms with Crippen LogP contribution in [0.3, 0.4) is 0 Å². The lowest BCUT2D eigenvalue weighted by Crippen LogP contribution is -2.16. The molecule has 0 unspecified atom stereocenters. The highest BCUT2D eigenvalue weighted by atomic mass is 15.1. The van der Waals surface area contributed by atoms with Gasteiger partial charge in [0.1, 0.15) is 0 Å². The molecule has 0 radical (unpaired) electrons. The third kappa shape index (κ3) is 5.11. The van der Waals surface area contributed by atoms with Crippen molar-refractivity contribution >= 4 is 27.8 Å². The van der Waals surface area contributed by atoms with Crippen molar-refractivity contribution in [2.75, 3.05) is 4.90 Å². The van der Waals surface area contributed by atoms with Crippen LogP contribution in [-0.4, -0.2) is 0 Å². The largest absolute Gasteiger partial charge is 0.310 e. The molecule has 238 valence electrons. The molecule has 0 saturated carbocycles. The van der Waals surface area contributed by atoms with Gasteiger partial charge in [0.15, 0.2) is 0 Å². The first-order valence-corrected chi connectivity index (χ1v) is 16.4. The maximum absolute atomic E-state index is 9.68. The predicted molar refractivity (Wildman–Crippen MR) is 213 cm³/mol. The van der Waals surface area contributed by atoms with Gasteiger partial charge in [0.25, 0.3) is 0 Å². The lowest BCUT2D eigenvalue weighted by Gasteiger charge is -2.27. The summed E-state index contributed by atoms with van der Waals surface area (Å²) in [6, 6.07) is 26.1. The van der Waals surface area contributed by atoms with Crippen LogP contribution in [0.1, 0.15) is 42.8 Å². The van der Waals surface area contributed by atoms with Crippen molar-refractivity contribution in [2.24, 2.45) is 0 Å². The van der Waals surface area contributed by atoms with Crippen molar-refractivity contribution in [1.82, 2.24) is 0 Å². The highest BCUT2D eigenvalue weighted by Crippen LogP contribution is 2.52. The van der Waals surface area contributed by atoms with E-state index in [-0.39, 0.29) is 29.0 Å². The van der Waals surface area contributed by atoms with E-state index < -0.39 is 88.7 Å². The summed E-state index contributed by atoms with van der Waals surface area (Å²) < 4.78 is 118. The summed E-state index contributed by atoms with van der Waals surface area (Å²) in [6.07, 6.45) is 0. The number of anilines is 3. The molecule has 0 saturated heterocycles. The van der Waals surface area contributed by atoms with Gasteiger partial charge in [-0.25, -0.2) is 0 Å². The number of nitrogens with zero attached hydrogens (tertiary/aromatic N) is 1. The van der Waals surface area contributed by atoms with E-state index in [2.05, 4.69) is 13.8 Å². The summed E-state index contributed by atoms with van der Waals surface area (Å²) >= 11 is 0. The quantitative estimate of drug-likeness (QED) is 0.173. The second kappa shape index (κ2) is 12.1. The van der Waals surface area contributed by atoms with E-state index in [1.54, 1.807) is 24.3 Å². The lowest BCUT2D eigenvalue weighted by atomic mass is 9.79. The van der Waals surface area contributed by atoms with Crippen molar-refractivity contribution in [3.63, 3.8) is 0 Å². The summed E-state index contributed by atoms with van der Waals surface area (Å²) in [6.45, 7) is 4.12. The molecule has 0 bridgehead atoms. The molecule has 0 aliphatic heterocycles. The van der Waals surface area contributed by atoms with Gasteiger partial charge >= 0.3 is 0 Å². The van der Waals surface area contributed by atoms with Gasteiger partial charge in [-0.15, -0.1) is 0 Å². The van der Waals surface area contributed by atoms with E-state index in [4.69, 9.17) is 6.85 Å². The Morgan fingerprint density at radius 3 is 1.80 bits per heavy atom. The molecule has 50 heavy (non-hydrogen) atoms. The zero-order chi connectivity index (χ0) is 45.0. The average molecular weight is 653 g/mol. The van der Waals surface area contributed by atoms with E-state index >= 15 is 0 Å². The normalized spacial score (nSPS) is 16.4. The third-order valence-electron chi connectivity index (χ3n) is 9.46. The molecule has 1 heteroatoms. The Hall–Kier alpha value is -6.18. The second-order valence-corrected chi connectivity index (χ2v) is 12.8. The average Bonchev–Trinajstić information content (AvgIpc) is 3.53. The molecule has 1 nitrogen and oxygen atoms in total. The molecule has 0 spiro atoms. The topological polar surface area (TPSA) is 3.24 Å². The molecule has 0 aromatic heterocycles. The van der Waals surface area contributed by atoms with E-state index in [0.717, 1.165) is 38.6 Å². The van der Waals surface area contributed by atoms with Gasteiger partial charge in [0.05, 0.1) is 17.8 Å². The fourth-order valence-electron chi connectivity index (χ4n) is 7.09. The molecule has 0 fully saturated rings. The monoisotopic (exact) mass is 652 g/mol. The van der Waals surface area contributed by atoms with Gasteiger partial charge in [-0.3, -0.25) is 0 Å². The Bertz CT molecular complexity index is 3180. The Morgan fingerprint density at radius 2 is 1.02 bits per heavy atom. The van der Waals surface area contributed by atoms with Crippen LogP contribution < -0.4 is 4.90 Å². The minimum atomic E-state index is -0.728. The molecular formula is C49H37N. The standard InChI is InChI=1S/C49H37N/c1-49(2)47-21-9-8-18-45(47)46-20-11-19-44(48(46)49)37-26-30-42(31-27-37)50(41-28-24-36(25-29-41)34-12-4-3-5-13-34)43-17-10-16-39(33-43)40-23-22-35-14-6-7-15-38(35)32-40/h3-33H,1-2H3/i3D,4D,5D,12D,13D,24D,25D,26D,27D,28D,29D,30D,31D. The van der Waals surface area contributed by atoms with E-state index in [1.807, 2.05) is 84.9 Å². The second-order valence-electron chi connectivity index (χ2n) is 12.8. The lowest BCUT2D eigenvalue weighted by molar-refractivity contribution is 0.662. The first kappa shape index (κ1) is 19.1. The van der Waals surface area contributed by atoms with Crippen LogP contribution in [0, 0.1) is 0 Å². The van der Waals surface area contributed by atoms with Gasteiger partial charge < -0.3 is 4.90 Å². The summed E-state index contributed by atoms with van der Waals surface area (Å²) in [5.74, 6) is 0. The van der Waals surface area contributed by atoms with Crippen LogP contribution in [0.25, 0.3) is 55.3 Å². The van der Waals surface area contributed by atoms with Crippen LogP contribution >= 0.6 is 0 Å². The van der Waals surface area contributed by atoms with Crippen LogP contribution in [0.4, 0.5) is 17.1 Å². The fraction of sp³-hybridized carbons (Fsp3) is 0.0612. The fourth-order valence-corrected chi connectivity index (χ4v) is 7.09. The number of hydrogen-bond acceptors (Lipinski definition) is 1. The zero-order valence-electron chi connectivity index (χ0n) is 40.3.